The zero-order valence-electron chi connectivity index (χ0n) is 12.1. The molecule has 2 atom stereocenters. The van der Waals surface area contributed by atoms with Crippen LogP contribution in [0.5, 0.6) is 0 Å². The van der Waals surface area contributed by atoms with E-state index in [1.807, 2.05) is 0 Å². The number of hydrogen-bond donors (Lipinski definition) is 2. The van der Waals surface area contributed by atoms with Gasteiger partial charge in [-0.25, -0.2) is 9.18 Å². The maximum absolute atomic E-state index is 12.9. The zero-order valence-corrected chi connectivity index (χ0v) is 12.1. The molecule has 2 N–H and O–H groups in total. The summed E-state index contributed by atoms with van der Waals surface area (Å²) < 4.78 is 17.6. The third kappa shape index (κ3) is 4.03. The van der Waals surface area contributed by atoms with Gasteiger partial charge in [0.05, 0.1) is 7.11 Å². The largest absolute Gasteiger partial charge is 0.467 e. The number of benzene rings is 1. The van der Waals surface area contributed by atoms with E-state index in [9.17, 15) is 18.8 Å². The van der Waals surface area contributed by atoms with Crippen molar-refractivity contribution in [2.45, 2.75) is 31.3 Å². The predicted molar refractivity (Wildman–Crippen MR) is 75.2 cm³/mol. The maximum Gasteiger partial charge on any atom is 0.328 e. The van der Waals surface area contributed by atoms with Gasteiger partial charge in [0, 0.05) is 12.8 Å². The Morgan fingerprint density at radius 1 is 1.41 bits per heavy atom. The number of nitrogens with one attached hydrogen (secondary N) is 2. The standard InChI is InChI=1S/C15H17FN2O4/c1-22-15(21)12(8-9-2-4-10(16)5-3-9)18-14(20)11-6-7-13(19)17-11/h2-5,11-12H,6-8H2,1H3,(H,17,19)(H,18,20)/t11-,12-/m0/s1. The molecular weight excluding hydrogens is 291 g/mol. The number of halogens is 1. The van der Waals surface area contributed by atoms with Crippen LogP contribution >= 0.6 is 0 Å². The van der Waals surface area contributed by atoms with Gasteiger partial charge in [-0.3, -0.25) is 9.59 Å². The van der Waals surface area contributed by atoms with Gasteiger partial charge in [0.25, 0.3) is 0 Å². The third-order valence-corrected chi connectivity index (χ3v) is 3.47. The summed E-state index contributed by atoms with van der Waals surface area (Å²) in [7, 11) is 1.23. The maximum atomic E-state index is 12.9. The Hall–Kier alpha value is -2.44. The lowest BCUT2D eigenvalue weighted by atomic mass is 10.1. The number of carbonyl (C=O) groups excluding carboxylic acids is 3. The third-order valence-electron chi connectivity index (χ3n) is 3.47. The molecule has 22 heavy (non-hydrogen) atoms. The van der Waals surface area contributed by atoms with E-state index in [2.05, 4.69) is 15.4 Å². The highest BCUT2D eigenvalue weighted by Crippen LogP contribution is 2.10. The summed E-state index contributed by atoms with van der Waals surface area (Å²) in [6.07, 6.45) is 0.868. The SMILES string of the molecule is COC(=O)[C@H](Cc1ccc(F)cc1)NC(=O)[C@@H]1CCC(=O)N1. The van der Waals surface area contributed by atoms with E-state index in [-0.39, 0.29) is 18.1 Å². The molecule has 1 aromatic rings. The fourth-order valence-electron chi connectivity index (χ4n) is 2.27. The van der Waals surface area contributed by atoms with Crippen molar-refractivity contribution in [2.24, 2.45) is 0 Å². The lowest BCUT2D eigenvalue weighted by Gasteiger charge is -2.19. The van der Waals surface area contributed by atoms with Crippen molar-refractivity contribution in [1.29, 1.82) is 0 Å². The number of esters is 1. The van der Waals surface area contributed by atoms with Gasteiger partial charge in [0.1, 0.15) is 17.9 Å². The number of carbonyl (C=O) groups is 3. The molecule has 118 valence electrons. The van der Waals surface area contributed by atoms with Crippen LogP contribution < -0.4 is 10.6 Å². The van der Waals surface area contributed by atoms with Gasteiger partial charge in [-0.1, -0.05) is 12.1 Å². The van der Waals surface area contributed by atoms with Gasteiger partial charge in [0.15, 0.2) is 0 Å². The number of hydrogen-bond acceptors (Lipinski definition) is 4. The Morgan fingerprint density at radius 2 is 2.09 bits per heavy atom. The first-order chi connectivity index (χ1) is 10.5. The van der Waals surface area contributed by atoms with Gasteiger partial charge in [-0.05, 0) is 24.1 Å². The molecule has 1 fully saturated rings. The summed E-state index contributed by atoms with van der Waals surface area (Å²) in [5.41, 5.74) is 0.688. The van der Waals surface area contributed by atoms with E-state index in [1.54, 1.807) is 0 Å². The number of ether oxygens (including phenoxy) is 1. The van der Waals surface area contributed by atoms with Crippen molar-refractivity contribution in [3.63, 3.8) is 0 Å². The number of methoxy groups -OCH3 is 1. The average molecular weight is 308 g/mol. The Kier molecular flexibility index (Phi) is 5.08. The molecule has 0 aliphatic carbocycles. The van der Waals surface area contributed by atoms with Crippen LogP contribution in [0, 0.1) is 5.82 Å². The molecule has 0 unspecified atom stereocenters. The first-order valence-electron chi connectivity index (χ1n) is 6.91. The van der Waals surface area contributed by atoms with Crippen molar-refractivity contribution in [1.82, 2.24) is 10.6 Å². The molecule has 2 rings (SSSR count). The molecule has 1 aromatic carbocycles. The van der Waals surface area contributed by atoms with E-state index in [4.69, 9.17) is 0 Å². The highest BCUT2D eigenvalue weighted by atomic mass is 19.1. The molecule has 7 heteroatoms. The first-order valence-corrected chi connectivity index (χ1v) is 6.91. The summed E-state index contributed by atoms with van der Waals surface area (Å²) >= 11 is 0. The second kappa shape index (κ2) is 7.02. The molecule has 2 amide bonds. The molecule has 1 heterocycles. The average Bonchev–Trinajstić information content (AvgIpc) is 2.94. The van der Waals surface area contributed by atoms with Gasteiger partial charge in [-0.2, -0.15) is 0 Å². The second-order valence-corrected chi connectivity index (χ2v) is 5.07. The minimum Gasteiger partial charge on any atom is -0.467 e. The van der Waals surface area contributed by atoms with Crippen LogP contribution in [-0.4, -0.2) is 37.0 Å². The fraction of sp³-hybridized carbons (Fsp3) is 0.400. The summed E-state index contributed by atoms with van der Waals surface area (Å²) in [4.78, 5) is 35.0. The highest BCUT2D eigenvalue weighted by Gasteiger charge is 2.30. The van der Waals surface area contributed by atoms with Gasteiger partial charge in [0.2, 0.25) is 11.8 Å². The van der Waals surface area contributed by atoms with Crippen LogP contribution in [0.2, 0.25) is 0 Å². The quantitative estimate of drug-likeness (QED) is 0.767. The Morgan fingerprint density at radius 3 is 2.64 bits per heavy atom. The van der Waals surface area contributed by atoms with E-state index < -0.39 is 24.0 Å². The molecule has 0 bridgehead atoms. The van der Waals surface area contributed by atoms with Gasteiger partial charge < -0.3 is 15.4 Å². The van der Waals surface area contributed by atoms with E-state index in [0.29, 0.717) is 18.4 Å². The van der Waals surface area contributed by atoms with Gasteiger partial charge in [-0.15, -0.1) is 0 Å². The monoisotopic (exact) mass is 308 g/mol. The highest BCUT2D eigenvalue weighted by molar-refractivity contribution is 5.93. The molecule has 6 nitrogen and oxygen atoms in total. The molecule has 1 aliphatic heterocycles. The number of amides is 2. The Bertz CT molecular complexity index is 573. The van der Waals surface area contributed by atoms with E-state index >= 15 is 0 Å². The minimum atomic E-state index is -0.888. The summed E-state index contributed by atoms with van der Waals surface area (Å²) in [5.74, 6) is -1.59. The van der Waals surface area contributed by atoms with E-state index in [1.165, 1.54) is 31.4 Å². The Labute approximate surface area is 127 Å². The van der Waals surface area contributed by atoms with Crippen LogP contribution in [0.15, 0.2) is 24.3 Å². The molecule has 0 saturated carbocycles. The van der Waals surface area contributed by atoms with Gasteiger partial charge >= 0.3 is 5.97 Å². The van der Waals surface area contributed by atoms with Crippen LogP contribution in [-0.2, 0) is 25.5 Å². The molecule has 1 saturated heterocycles. The minimum absolute atomic E-state index is 0.180. The van der Waals surface area contributed by atoms with Crippen LogP contribution in [0.25, 0.3) is 0 Å². The van der Waals surface area contributed by atoms with Crippen molar-refractivity contribution >= 4 is 17.8 Å². The van der Waals surface area contributed by atoms with Crippen molar-refractivity contribution in [2.75, 3.05) is 7.11 Å². The summed E-state index contributed by atoms with van der Waals surface area (Å²) in [6, 6.07) is 4.11. The topological polar surface area (TPSA) is 84.5 Å². The van der Waals surface area contributed by atoms with Crippen LogP contribution in [0.1, 0.15) is 18.4 Å². The van der Waals surface area contributed by atoms with Crippen molar-refractivity contribution in [3.8, 4) is 0 Å². The lowest BCUT2D eigenvalue weighted by Crippen LogP contribution is -2.49. The molecule has 0 radical (unpaired) electrons. The first kappa shape index (κ1) is 15.9. The zero-order chi connectivity index (χ0) is 16.1. The summed E-state index contributed by atoms with van der Waals surface area (Å²) in [5, 5.41) is 5.11. The van der Waals surface area contributed by atoms with Crippen molar-refractivity contribution < 1.29 is 23.5 Å². The predicted octanol–water partition coefficient (Wildman–Crippen LogP) is 0.305. The smallest absolute Gasteiger partial charge is 0.328 e. The fourth-order valence-corrected chi connectivity index (χ4v) is 2.27. The second-order valence-electron chi connectivity index (χ2n) is 5.07. The molecule has 0 aromatic heterocycles. The van der Waals surface area contributed by atoms with Crippen LogP contribution in [0.4, 0.5) is 4.39 Å². The van der Waals surface area contributed by atoms with Crippen LogP contribution in [0.3, 0.4) is 0 Å². The molecular formula is C15H17FN2O4. The normalized spacial score (nSPS) is 18.5. The lowest BCUT2D eigenvalue weighted by molar-refractivity contribution is -0.145. The van der Waals surface area contributed by atoms with Crippen molar-refractivity contribution in [3.05, 3.63) is 35.6 Å². The number of rotatable bonds is 5. The van der Waals surface area contributed by atoms with E-state index in [0.717, 1.165) is 0 Å². The molecule has 1 aliphatic rings. The molecule has 0 spiro atoms. The summed E-state index contributed by atoms with van der Waals surface area (Å²) in [6.45, 7) is 0. The Balaban J connectivity index is 2.02.